The third kappa shape index (κ3) is 3.64. The highest BCUT2D eigenvalue weighted by Gasteiger charge is 1.97. The summed E-state index contributed by atoms with van der Waals surface area (Å²) in [6.07, 6.45) is 2.20. The van der Waals surface area contributed by atoms with Crippen molar-refractivity contribution in [1.82, 2.24) is 0 Å². The van der Waals surface area contributed by atoms with Crippen LogP contribution < -0.4 is 0 Å². The fourth-order valence-corrected chi connectivity index (χ4v) is 0.763. The molecule has 0 amide bonds. The summed E-state index contributed by atoms with van der Waals surface area (Å²) in [7, 11) is -3.66. The van der Waals surface area contributed by atoms with Gasteiger partial charge in [-0.3, -0.25) is 0 Å². The third-order valence-electron chi connectivity index (χ3n) is 0.473. The molecular weight excluding hydrogens is 142 g/mol. The Morgan fingerprint density at radius 2 is 2.11 bits per heavy atom. The highest BCUT2D eigenvalue weighted by molar-refractivity contribution is 7.93. The maximum absolute atomic E-state index is 10.3. The standard InChI is InChI=1S/C4H5NO3S/c1-2-3-9(7,8)5-4-6/h2-3H,1H3. The van der Waals surface area contributed by atoms with Crippen molar-refractivity contribution >= 4 is 16.1 Å². The first kappa shape index (κ1) is 8.07. The van der Waals surface area contributed by atoms with E-state index in [0.29, 0.717) is 0 Å². The molecule has 0 aromatic rings. The van der Waals surface area contributed by atoms with Crippen molar-refractivity contribution in [3.05, 3.63) is 11.5 Å². The van der Waals surface area contributed by atoms with Gasteiger partial charge in [-0.2, -0.15) is 8.42 Å². The van der Waals surface area contributed by atoms with Gasteiger partial charge in [-0.25, -0.2) is 4.79 Å². The van der Waals surface area contributed by atoms with Crippen molar-refractivity contribution in [3.8, 4) is 0 Å². The van der Waals surface area contributed by atoms with Gasteiger partial charge < -0.3 is 0 Å². The van der Waals surface area contributed by atoms with Crippen molar-refractivity contribution in [1.29, 1.82) is 0 Å². The molecule has 0 spiro atoms. The maximum atomic E-state index is 10.3. The first-order valence-corrected chi connectivity index (χ1v) is 3.59. The van der Waals surface area contributed by atoms with Crippen LogP contribution in [0.4, 0.5) is 0 Å². The summed E-state index contributed by atoms with van der Waals surface area (Å²) in [5, 5.41) is 0.817. The van der Waals surface area contributed by atoms with Gasteiger partial charge >= 0.3 is 0 Å². The van der Waals surface area contributed by atoms with Crippen molar-refractivity contribution in [3.63, 3.8) is 0 Å². The highest BCUT2D eigenvalue weighted by Crippen LogP contribution is 1.90. The van der Waals surface area contributed by atoms with Crippen molar-refractivity contribution in [2.45, 2.75) is 6.92 Å². The van der Waals surface area contributed by atoms with E-state index in [1.165, 1.54) is 13.0 Å². The number of hydrogen-bond donors (Lipinski definition) is 0. The van der Waals surface area contributed by atoms with Gasteiger partial charge in [0.1, 0.15) is 0 Å². The fraction of sp³-hybridized carbons (Fsp3) is 0.250. The summed E-state index contributed by atoms with van der Waals surface area (Å²) in [6.45, 7) is 1.51. The topological polar surface area (TPSA) is 63.6 Å². The molecule has 0 saturated heterocycles. The molecule has 0 aromatic heterocycles. The zero-order valence-corrected chi connectivity index (χ0v) is 5.55. The molecule has 0 heterocycles. The lowest BCUT2D eigenvalue weighted by atomic mass is 10.8. The predicted octanol–water partition coefficient (Wildman–Crippen LogP) is 0.186. The van der Waals surface area contributed by atoms with E-state index in [0.717, 1.165) is 11.5 Å². The van der Waals surface area contributed by atoms with Gasteiger partial charge in [-0.1, -0.05) is 10.5 Å². The molecule has 0 fully saturated rings. The fourth-order valence-electron chi connectivity index (χ4n) is 0.254. The Morgan fingerprint density at radius 1 is 1.56 bits per heavy atom. The normalized spacial score (nSPS) is 11.2. The van der Waals surface area contributed by atoms with Crippen molar-refractivity contribution in [2.24, 2.45) is 4.40 Å². The molecule has 0 aromatic carbocycles. The molecule has 0 atom stereocenters. The summed E-state index contributed by atoms with van der Waals surface area (Å²) in [5.41, 5.74) is 0. The Labute approximate surface area is 53.0 Å². The summed E-state index contributed by atoms with van der Waals surface area (Å²) >= 11 is 0. The minimum Gasteiger partial charge on any atom is -0.210 e. The zero-order chi connectivity index (χ0) is 7.33. The monoisotopic (exact) mass is 147 g/mol. The van der Waals surface area contributed by atoms with Gasteiger partial charge in [0.2, 0.25) is 0 Å². The number of isocyanates is 1. The Hall–Kier alpha value is -0.930. The molecule has 4 nitrogen and oxygen atoms in total. The summed E-state index contributed by atoms with van der Waals surface area (Å²) in [4.78, 5) is 9.39. The van der Waals surface area contributed by atoms with Crippen LogP contribution >= 0.6 is 0 Å². The van der Waals surface area contributed by atoms with E-state index in [9.17, 15) is 13.2 Å². The van der Waals surface area contributed by atoms with E-state index >= 15 is 0 Å². The molecule has 0 saturated carbocycles. The molecule has 0 aliphatic carbocycles. The predicted molar refractivity (Wildman–Crippen MR) is 31.9 cm³/mol. The summed E-state index contributed by atoms with van der Waals surface area (Å²) < 4.78 is 23.2. The van der Waals surface area contributed by atoms with Crippen LogP contribution in [0, 0.1) is 0 Å². The number of rotatable bonds is 2. The Kier molecular flexibility index (Phi) is 2.84. The molecule has 0 aliphatic heterocycles. The summed E-state index contributed by atoms with van der Waals surface area (Å²) in [5.74, 6) is 0. The van der Waals surface area contributed by atoms with Crippen LogP contribution in [0.15, 0.2) is 15.9 Å². The molecule has 0 bridgehead atoms. The van der Waals surface area contributed by atoms with Crippen molar-refractivity contribution in [2.75, 3.05) is 0 Å². The van der Waals surface area contributed by atoms with Crippen LogP contribution in [0.1, 0.15) is 6.92 Å². The molecule has 50 valence electrons. The van der Waals surface area contributed by atoms with Gasteiger partial charge in [-0.05, 0) is 6.92 Å². The molecule has 0 radical (unpaired) electrons. The molecule has 0 aliphatic rings. The van der Waals surface area contributed by atoms with Crippen LogP contribution in [0.25, 0.3) is 0 Å². The second-order valence-electron chi connectivity index (χ2n) is 1.17. The van der Waals surface area contributed by atoms with Gasteiger partial charge in [0.25, 0.3) is 16.1 Å². The van der Waals surface area contributed by atoms with Gasteiger partial charge in [-0.15, -0.1) is 0 Å². The van der Waals surface area contributed by atoms with Gasteiger partial charge in [0, 0.05) is 5.41 Å². The first-order valence-electron chi connectivity index (χ1n) is 2.09. The molecule has 0 unspecified atom stereocenters. The quantitative estimate of drug-likeness (QED) is 0.413. The molecule has 0 rings (SSSR count). The lowest BCUT2D eigenvalue weighted by molar-refractivity contribution is 0.564. The molecular formula is C4H5NO3S. The van der Waals surface area contributed by atoms with Crippen LogP contribution in [-0.2, 0) is 14.8 Å². The largest absolute Gasteiger partial charge is 0.285 e. The average Bonchev–Trinajstić information content (AvgIpc) is 1.64. The minimum absolute atomic E-state index is 0.817. The van der Waals surface area contributed by atoms with Crippen LogP contribution in [0.2, 0.25) is 0 Å². The second-order valence-corrected chi connectivity index (χ2v) is 2.65. The second kappa shape index (κ2) is 3.17. The zero-order valence-electron chi connectivity index (χ0n) is 4.73. The van der Waals surface area contributed by atoms with Gasteiger partial charge in [0.15, 0.2) is 0 Å². The van der Waals surface area contributed by atoms with Crippen LogP contribution in [0.5, 0.6) is 0 Å². The number of sulfonamides is 1. The first-order chi connectivity index (χ1) is 4.12. The Morgan fingerprint density at radius 3 is 2.44 bits per heavy atom. The van der Waals surface area contributed by atoms with E-state index in [1.807, 2.05) is 0 Å². The molecule has 0 N–H and O–H groups in total. The minimum atomic E-state index is -3.66. The Balaban J connectivity index is 4.62. The summed E-state index contributed by atoms with van der Waals surface area (Å²) in [6, 6.07) is 0. The number of hydrogen-bond acceptors (Lipinski definition) is 3. The van der Waals surface area contributed by atoms with Crippen molar-refractivity contribution < 1.29 is 13.2 Å². The van der Waals surface area contributed by atoms with E-state index in [2.05, 4.69) is 4.40 Å². The maximum Gasteiger partial charge on any atom is 0.285 e. The third-order valence-corrected chi connectivity index (χ3v) is 1.42. The van der Waals surface area contributed by atoms with E-state index in [1.54, 1.807) is 0 Å². The highest BCUT2D eigenvalue weighted by atomic mass is 32.2. The smallest absolute Gasteiger partial charge is 0.210 e. The average molecular weight is 147 g/mol. The van der Waals surface area contributed by atoms with E-state index in [4.69, 9.17) is 0 Å². The van der Waals surface area contributed by atoms with Gasteiger partial charge in [0.05, 0.1) is 0 Å². The van der Waals surface area contributed by atoms with Crippen LogP contribution in [0.3, 0.4) is 0 Å². The van der Waals surface area contributed by atoms with E-state index in [-0.39, 0.29) is 0 Å². The number of carbonyl (C=O) groups excluding carboxylic acids is 1. The number of allylic oxidation sites excluding steroid dienone is 1. The SMILES string of the molecule is CC=CS(=O)(=O)N=C=O. The molecule has 9 heavy (non-hydrogen) atoms. The van der Waals surface area contributed by atoms with E-state index < -0.39 is 10.0 Å². The Bertz CT molecular complexity index is 245. The van der Waals surface area contributed by atoms with Crippen LogP contribution in [-0.4, -0.2) is 14.5 Å². The number of nitrogens with zero attached hydrogens (tertiary/aromatic N) is 1. The lowest BCUT2D eigenvalue weighted by Gasteiger charge is -1.78. The lowest BCUT2D eigenvalue weighted by Crippen LogP contribution is -1.86. The molecule has 5 heteroatoms.